The van der Waals surface area contributed by atoms with Gasteiger partial charge in [-0.2, -0.15) is 0 Å². The summed E-state index contributed by atoms with van der Waals surface area (Å²) in [6.45, 7) is 0.381. The van der Waals surface area contributed by atoms with E-state index in [4.69, 9.17) is 4.74 Å². The number of hydrogen-bond acceptors (Lipinski definition) is 4. The molecule has 0 saturated carbocycles. The number of hydrogen-bond donors (Lipinski definition) is 2. The fourth-order valence-electron chi connectivity index (χ4n) is 6.31. The number of nitrogens with zero attached hydrogens (tertiary/aromatic N) is 2. The van der Waals surface area contributed by atoms with E-state index >= 15 is 0 Å². The molecule has 5 aromatic rings. The highest BCUT2D eigenvalue weighted by Gasteiger charge is 2.53. The summed E-state index contributed by atoms with van der Waals surface area (Å²) in [6, 6.07) is 26.5. The van der Waals surface area contributed by atoms with Crippen molar-refractivity contribution in [2.24, 2.45) is 0 Å². The second kappa shape index (κ2) is 11.0. The summed E-state index contributed by atoms with van der Waals surface area (Å²) < 4.78 is 18.6. The Hall–Kier alpha value is -5.44. The van der Waals surface area contributed by atoms with Crippen molar-refractivity contribution in [2.75, 3.05) is 18.6 Å². The molecule has 2 N–H and O–H groups in total. The van der Waals surface area contributed by atoms with Crippen molar-refractivity contribution in [3.63, 3.8) is 0 Å². The highest BCUT2D eigenvalue weighted by Crippen LogP contribution is 2.45. The van der Waals surface area contributed by atoms with E-state index in [1.807, 2.05) is 48.5 Å². The first kappa shape index (κ1) is 27.4. The number of rotatable bonds is 7. The molecule has 3 heterocycles. The Labute approximate surface area is 253 Å². The Kier molecular flexibility index (Phi) is 6.85. The minimum Gasteiger partial charge on any atom is -0.497 e. The van der Waals surface area contributed by atoms with Crippen LogP contribution in [0.15, 0.2) is 97.1 Å². The molecule has 4 amide bonds. The van der Waals surface area contributed by atoms with Crippen molar-refractivity contribution in [3.05, 3.63) is 131 Å². The smallest absolute Gasteiger partial charge is 0.332 e. The van der Waals surface area contributed by atoms with E-state index in [1.54, 1.807) is 48.4 Å². The number of carbonyl (C=O) groups excluding carboxylic acids is 3. The van der Waals surface area contributed by atoms with E-state index in [0.29, 0.717) is 36.4 Å². The quantitative estimate of drug-likeness (QED) is 0.236. The number of H-pyrrole nitrogens is 1. The zero-order valence-corrected chi connectivity index (χ0v) is 23.9. The van der Waals surface area contributed by atoms with Crippen LogP contribution in [0.3, 0.4) is 0 Å². The predicted molar refractivity (Wildman–Crippen MR) is 164 cm³/mol. The maximum Gasteiger partial charge on any atom is 0.332 e. The first-order chi connectivity index (χ1) is 21.4. The second-order valence-corrected chi connectivity index (χ2v) is 11.0. The van der Waals surface area contributed by atoms with Gasteiger partial charge in [0.25, 0.3) is 11.8 Å². The van der Waals surface area contributed by atoms with Crippen LogP contribution in [-0.4, -0.2) is 47.4 Å². The number of halogens is 1. The number of nitrogens with one attached hydrogen (secondary N) is 2. The summed E-state index contributed by atoms with van der Waals surface area (Å²) in [5.74, 6) is -0.236. The van der Waals surface area contributed by atoms with Crippen LogP contribution in [0.4, 0.5) is 14.9 Å². The summed E-state index contributed by atoms with van der Waals surface area (Å²) in [5.41, 5.74) is 5.40. The van der Waals surface area contributed by atoms with Crippen molar-refractivity contribution in [1.29, 1.82) is 0 Å². The lowest BCUT2D eigenvalue weighted by Gasteiger charge is -2.36. The van der Waals surface area contributed by atoms with Crippen LogP contribution < -0.4 is 15.0 Å². The van der Waals surface area contributed by atoms with Crippen LogP contribution in [0.5, 0.6) is 5.75 Å². The van der Waals surface area contributed by atoms with Crippen molar-refractivity contribution < 1.29 is 23.5 Å². The van der Waals surface area contributed by atoms with Gasteiger partial charge in [-0.15, -0.1) is 0 Å². The first-order valence-corrected chi connectivity index (χ1v) is 14.5. The summed E-state index contributed by atoms with van der Waals surface area (Å²) in [7, 11) is 1.60. The fourth-order valence-corrected chi connectivity index (χ4v) is 6.31. The van der Waals surface area contributed by atoms with E-state index in [0.717, 1.165) is 33.3 Å². The minimum absolute atomic E-state index is 0.279. The molecule has 0 bridgehead atoms. The SMILES string of the molecule is COc1cccc([C@H]2c3[nH]c4ccccc4c3C[C@H]3C(=O)N(c4ccc(C(=O)NCCc5ccc(F)cc5)cc4)C(=O)N23)c1. The minimum atomic E-state index is -0.695. The van der Waals surface area contributed by atoms with E-state index in [2.05, 4.69) is 10.3 Å². The van der Waals surface area contributed by atoms with Gasteiger partial charge in [0.15, 0.2) is 0 Å². The van der Waals surface area contributed by atoms with Crippen molar-refractivity contribution in [3.8, 4) is 5.75 Å². The number of aromatic nitrogens is 1. The van der Waals surface area contributed by atoms with Gasteiger partial charge in [0.2, 0.25) is 0 Å². The maximum atomic E-state index is 14.1. The number of anilines is 1. The standard InChI is InChI=1S/C35H29FN4O4/c1-44-26-6-4-5-23(19-26)32-31-28(27-7-2-3-8-29(27)38-31)20-30-34(42)39(35(43)40(30)32)25-15-11-22(12-16-25)33(41)37-18-17-21-9-13-24(36)14-10-21/h2-16,19,30,32,38H,17-18,20H2,1H3,(H,37,41)/t30-,32-/m0/s1. The summed E-state index contributed by atoms with van der Waals surface area (Å²) in [4.78, 5) is 47.2. The van der Waals surface area contributed by atoms with E-state index in [1.165, 1.54) is 17.0 Å². The molecule has 8 nitrogen and oxygen atoms in total. The fraction of sp³-hybridized carbons (Fsp3) is 0.171. The Bertz CT molecular complexity index is 1900. The number of urea groups is 1. The van der Waals surface area contributed by atoms with E-state index in [-0.39, 0.29) is 17.6 Å². The van der Waals surface area contributed by atoms with Crippen LogP contribution >= 0.6 is 0 Å². The summed E-state index contributed by atoms with van der Waals surface area (Å²) in [6.07, 6.45) is 0.944. The molecule has 9 heteroatoms. The number of benzene rings is 4. The zero-order valence-electron chi connectivity index (χ0n) is 23.9. The highest BCUT2D eigenvalue weighted by atomic mass is 19.1. The number of methoxy groups -OCH3 is 1. The lowest BCUT2D eigenvalue weighted by Crippen LogP contribution is -2.44. The highest BCUT2D eigenvalue weighted by molar-refractivity contribution is 6.22. The molecule has 7 rings (SSSR count). The normalized spacial score (nSPS) is 17.5. The van der Waals surface area contributed by atoms with Gasteiger partial charge in [-0.3, -0.25) is 14.5 Å². The number of carbonyl (C=O) groups is 3. The molecule has 0 radical (unpaired) electrons. The van der Waals surface area contributed by atoms with Crippen molar-refractivity contribution in [1.82, 2.24) is 15.2 Å². The lowest BCUT2D eigenvalue weighted by atomic mass is 9.89. The third kappa shape index (κ3) is 4.66. The van der Waals surface area contributed by atoms with Crippen LogP contribution in [0, 0.1) is 5.82 Å². The molecule has 0 unspecified atom stereocenters. The molecule has 1 aromatic heterocycles. The van der Waals surface area contributed by atoms with Gasteiger partial charge in [-0.05, 0) is 77.7 Å². The molecular formula is C35H29FN4O4. The van der Waals surface area contributed by atoms with Gasteiger partial charge in [0.05, 0.1) is 12.8 Å². The Morgan fingerprint density at radius 2 is 1.75 bits per heavy atom. The summed E-state index contributed by atoms with van der Waals surface area (Å²) >= 11 is 0. The Morgan fingerprint density at radius 3 is 2.52 bits per heavy atom. The molecule has 0 spiro atoms. The molecule has 1 saturated heterocycles. The topological polar surface area (TPSA) is 94.7 Å². The van der Waals surface area contributed by atoms with Crippen LogP contribution in [0.25, 0.3) is 10.9 Å². The second-order valence-electron chi connectivity index (χ2n) is 11.0. The molecule has 2 aliphatic rings. The molecule has 4 aromatic carbocycles. The average molecular weight is 589 g/mol. The van der Waals surface area contributed by atoms with E-state index in [9.17, 15) is 18.8 Å². The van der Waals surface area contributed by atoms with Gasteiger partial charge in [0, 0.05) is 35.1 Å². The van der Waals surface area contributed by atoms with E-state index < -0.39 is 18.1 Å². The van der Waals surface area contributed by atoms with Gasteiger partial charge < -0.3 is 15.0 Å². The van der Waals surface area contributed by atoms with Gasteiger partial charge in [0.1, 0.15) is 23.7 Å². The Balaban J connectivity index is 1.16. The van der Waals surface area contributed by atoms with Crippen LogP contribution in [0.2, 0.25) is 0 Å². The number of para-hydroxylation sites is 1. The van der Waals surface area contributed by atoms with Gasteiger partial charge in [-0.25, -0.2) is 14.1 Å². The number of imide groups is 1. The molecule has 0 aliphatic carbocycles. The van der Waals surface area contributed by atoms with Crippen molar-refractivity contribution >= 4 is 34.4 Å². The number of amides is 4. The summed E-state index contributed by atoms with van der Waals surface area (Å²) in [5, 5.41) is 3.89. The van der Waals surface area contributed by atoms with Crippen molar-refractivity contribution in [2.45, 2.75) is 24.9 Å². The molecular weight excluding hydrogens is 559 g/mol. The molecule has 44 heavy (non-hydrogen) atoms. The maximum absolute atomic E-state index is 14.1. The van der Waals surface area contributed by atoms with Crippen LogP contribution in [-0.2, 0) is 17.6 Å². The molecule has 2 atom stereocenters. The Morgan fingerprint density at radius 1 is 0.977 bits per heavy atom. The largest absolute Gasteiger partial charge is 0.497 e. The molecule has 2 aliphatic heterocycles. The predicted octanol–water partition coefficient (Wildman–Crippen LogP) is 5.77. The monoisotopic (exact) mass is 588 g/mol. The third-order valence-corrected chi connectivity index (χ3v) is 8.46. The van der Waals surface area contributed by atoms with Crippen LogP contribution in [0.1, 0.15) is 38.8 Å². The van der Waals surface area contributed by atoms with Gasteiger partial charge in [-0.1, -0.05) is 42.5 Å². The number of aromatic amines is 1. The lowest BCUT2D eigenvalue weighted by molar-refractivity contribution is -0.120. The van der Waals surface area contributed by atoms with Gasteiger partial charge >= 0.3 is 6.03 Å². The first-order valence-electron chi connectivity index (χ1n) is 14.5. The number of fused-ring (bicyclic) bond motifs is 4. The number of ether oxygens (including phenoxy) is 1. The third-order valence-electron chi connectivity index (χ3n) is 8.46. The molecule has 1 fully saturated rings. The zero-order chi connectivity index (χ0) is 30.4. The average Bonchev–Trinajstić information content (AvgIpc) is 3.54. The molecule has 220 valence electrons.